The molecule has 0 radical (unpaired) electrons. The van der Waals surface area contributed by atoms with Gasteiger partial charge in [-0.2, -0.15) is 0 Å². The lowest BCUT2D eigenvalue weighted by Crippen LogP contribution is -1.96. The fourth-order valence-electron chi connectivity index (χ4n) is 0.0956. The van der Waals surface area contributed by atoms with Gasteiger partial charge in [-0.15, -0.1) is 0 Å². The van der Waals surface area contributed by atoms with Crippen LogP contribution in [-0.4, -0.2) is 22.8 Å². The molecule has 3 heteroatoms. The van der Waals surface area contributed by atoms with Crippen LogP contribution in [0.1, 0.15) is 13.8 Å². The van der Waals surface area contributed by atoms with Crippen molar-refractivity contribution < 1.29 is 15.0 Å². The number of carboxylic acids is 1. The third-order valence-corrected chi connectivity index (χ3v) is 0.326. The van der Waals surface area contributed by atoms with Crippen LogP contribution in [0.5, 0.6) is 0 Å². The zero-order chi connectivity index (χ0) is 4.99. The zero-order valence-electron chi connectivity index (χ0n) is 3.22. The number of hydrogen-bond acceptors (Lipinski definition) is 2. The highest BCUT2D eigenvalue weighted by Gasteiger charge is 1.88. The number of carboxylic acid groups (broad SMARTS) is 1. The molecule has 0 amide bonds. The smallest absolute Gasteiger partial charge is 0.305 e. The van der Waals surface area contributed by atoms with Gasteiger partial charge in [-0.1, -0.05) is 7.43 Å². The van der Waals surface area contributed by atoms with Gasteiger partial charge in [0.25, 0.3) is 0 Å². The maximum absolute atomic E-state index is 9.44. The molecule has 3 nitrogen and oxygen atoms in total. The standard InChI is InChI=1S/C3H6O3.CH4/c4-2-1-3(5)6;/h4H,1-2H2,(H,5,6);1H4. The minimum atomic E-state index is -0.961. The van der Waals surface area contributed by atoms with Gasteiger partial charge < -0.3 is 10.2 Å². The fraction of sp³-hybridized carbons (Fsp3) is 0.750. The van der Waals surface area contributed by atoms with E-state index in [1.165, 1.54) is 0 Å². The summed E-state index contributed by atoms with van der Waals surface area (Å²) >= 11 is 0. The predicted molar refractivity (Wildman–Crippen MR) is 26.1 cm³/mol. The van der Waals surface area contributed by atoms with Crippen LogP contribution >= 0.6 is 0 Å². The number of rotatable bonds is 2. The molecule has 2 N–H and O–H groups in total. The van der Waals surface area contributed by atoms with Crippen molar-refractivity contribution in [3.63, 3.8) is 0 Å². The summed E-state index contributed by atoms with van der Waals surface area (Å²) in [5.41, 5.74) is 0. The molecule has 0 aliphatic carbocycles. The van der Waals surface area contributed by atoms with E-state index in [1.54, 1.807) is 0 Å². The van der Waals surface area contributed by atoms with Crippen LogP contribution in [0.15, 0.2) is 0 Å². The monoisotopic (exact) mass is 106 g/mol. The molecule has 0 aromatic carbocycles. The molecule has 0 spiro atoms. The van der Waals surface area contributed by atoms with Gasteiger partial charge in [0.05, 0.1) is 13.0 Å². The lowest BCUT2D eigenvalue weighted by atomic mass is 10.5. The second-order valence-electron chi connectivity index (χ2n) is 0.867. The highest BCUT2D eigenvalue weighted by Crippen LogP contribution is 1.70. The first kappa shape index (κ1) is 9.66. The lowest BCUT2D eigenvalue weighted by Gasteiger charge is -1.79. The zero-order valence-corrected chi connectivity index (χ0v) is 3.22. The Morgan fingerprint density at radius 2 is 2.00 bits per heavy atom. The first-order valence-corrected chi connectivity index (χ1v) is 1.60. The van der Waals surface area contributed by atoms with Crippen molar-refractivity contribution >= 4 is 5.97 Å². The molecule has 0 saturated carbocycles. The van der Waals surface area contributed by atoms with E-state index in [0.717, 1.165) is 0 Å². The molecular formula is C4H10O3. The van der Waals surface area contributed by atoms with E-state index in [2.05, 4.69) is 0 Å². The summed E-state index contributed by atoms with van der Waals surface area (Å²) in [4.78, 5) is 9.44. The summed E-state index contributed by atoms with van der Waals surface area (Å²) in [6.07, 6.45) is -0.153. The minimum absolute atomic E-state index is 0. The molecule has 44 valence electrons. The third-order valence-electron chi connectivity index (χ3n) is 0.326. The molecule has 0 fully saturated rings. The van der Waals surface area contributed by atoms with Gasteiger partial charge in [-0.3, -0.25) is 4.79 Å². The van der Waals surface area contributed by atoms with Crippen molar-refractivity contribution in [2.24, 2.45) is 0 Å². The van der Waals surface area contributed by atoms with Gasteiger partial charge in [0, 0.05) is 0 Å². The molecule has 0 unspecified atom stereocenters. The van der Waals surface area contributed by atoms with Crippen molar-refractivity contribution in [2.45, 2.75) is 13.8 Å². The van der Waals surface area contributed by atoms with E-state index in [4.69, 9.17) is 10.2 Å². The van der Waals surface area contributed by atoms with Gasteiger partial charge in [0.2, 0.25) is 0 Å². The molecule has 0 atom stereocenters. The van der Waals surface area contributed by atoms with Crippen LogP contribution in [0.4, 0.5) is 0 Å². The summed E-state index contributed by atoms with van der Waals surface area (Å²) in [5.74, 6) is -0.961. The molecule has 0 bridgehead atoms. The summed E-state index contributed by atoms with van der Waals surface area (Å²) in [5, 5.41) is 15.6. The molecule has 0 heterocycles. The van der Waals surface area contributed by atoms with Crippen molar-refractivity contribution in [3.8, 4) is 0 Å². The first-order chi connectivity index (χ1) is 2.77. The minimum Gasteiger partial charge on any atom is -0.481 e. The van der Waals surface area contributed by atoms with E-state index in [9.17, 15) is 4.79 Å². The van der Waals surface area contributed by atoms with Gasteiger partial charge >= 0.3 is 5.97 Å². The summed E-state index contributed by atoms with van der Waals surface area (Å²) in [6, 6.07) is 0. The SMILES string of the molecule is C.O=C(O)CCO. The molecule has 0 saturated heterocycles. The van der Waals surface area contributed by atoms with Crippen molar-refractivity contribution in [2.75, 3.05) is 6.61 Å². The Balaban J connectivity index is 0. The van der Waals surface area contributed by atoms with Crippen LogP contribution in [0, 0.1) is 0 Å². The van der Waals surface area contributed by atoms with Gasteiger partial charge in [-0.05, 0) is 0 Å². The first-order valence-electron chi connectivity index (χ1n) is 1.60. The van der Waals surface area contributed by atoms with Crippen LogP contribution < -0.4 is 0 Å². The maximum atomic E-state index is 9.44. The van der Waals surface area contributed by atoms with Gasteiger partial charge in [0.1, 0.15) is 0 Å². The van der Waals surface area contributed by atoms with Crippen LogP contribution in [0.3, 0.4) is 0 Å². The van der Waals surface area contributed by atoms with Crippen molar-refractivity contribution in [3.05, 3.63) is 0 Å². The van der Waals surface area contributed by atoms with Crippen molar-refractivity contribution in [1.82, 2.24) is 0 Å². The lowest BCUT2D eigenvalue weighted by molar-refractivity contribution is -0.137. The van der Waals surface area contributed by atoms with E-state index < -0.39 is 5.97 Å². The van der Waals surface area contributed by atoms with Crippen LogP contribution in [0.25, 0.3) is 0 Å². The molecule has 0 aromatic rings. The normalized spacial score (nSPS) is 7.00. The number of aliphatic hydroxyl groups excluding tert-OH is 1. The third kappa shape index (κ3) is 10.8. The Kier molecular flexibility index (Phi) is 7.49. The van der Waals surface area contributed by atoms with Crippen LogP contribution in [-0.2, 0) is 4.79 Å². The van der Waals surface area contributed by atoms with Crippen LogP contribution in [0.2, 0.25) is 0 Å². The Hall–Kier alpha value is -0.570. The average Bonchev–Trinajstić information content (AvgIpc) is 1.35. The quantitative estimate of drug-likeness (QED) is 0.524. The predicted octanol–water partition coefficient (Wildman–Crippen LogP) is 0.0895. The Morgan fingerprint density at radius 1 is 1.57 bits per heavy atom. The summed E-state index contributed by atoms with van der Waals surface area (Å²) in [7, 11) is 0. The van der Waals surface area contributed by atoms with Gasteiger partial charge in [-0.25, -0.2) is 0 Å². The molecule has 0 aliphatic rings. The Morgan fingerprint density at radius 3 is 2.00 bits per heavy atom. The Labute approximate surface area is 42.6 Å². The van der Waals surface area contributed by atoms with E-state index in [0.29, 0.717) is 0 Å². The largest absolute Gasteiger partial charge is 0.481 e. The van der Waals surface area contributed by atoms with Crippen molar-refractivity contribution in [1.29, 1.82) is 0 Å². The number of aliphatic hydroxyl groups is 1. The number of aliphatic carboxylic acids is 1. The topological polar surface area (TPSA) is 57.5 Å². The number of hydrogen-bond donors (Lipinski definition) is 2. The summed E-state index contributed by atoms with van der Waals surface area (Å²) < 4.78 is 0. The van der Waals surface area contributed by atoms with Gasteiger partial charge in [0.15, 0.2) is 0 Å². The highest BCUT2D eigenvalue weighted by atomic mass is 16.4. The molecule has 0 aliphatic heterocycles. The highest BCUT2D eigenvalue weighted by molar-refractivity contribution is 5.66. The van der Waals surface area contributed by atoms with E-state index in [1.807, 2.05) is 0 Å². The summed E-state index contributed by atoms with van der Waals surface area (Å²) in [6.45, 7) is -0.269. The van der Waals surface area contributed by atoms with E-state index >= 15 is 0 Å². The fourth-order valence-corrected chi connectivity index (χ4v) is 0.0956. The Bertz CT molecular complexity index is 50.9. The second-order valence-corrected chi connectivity index (χ2v) is 0.867. The number of carbonyl (C=O) groups is 1. The maximum Gasteiger partial charge on any atom is 0.305 e. The van der Waals surface area contributed by atoms with E-state index in [-0.39, 0.29) is 20.5 Å². The molecule has 0 rings (SSSR count). The molecule has 7 heavy (non-hydrogen) atoms. The average molecular weight is 106 g/mol. The second kappa shape index (κ2) is 5.43. The molecule has 0 aromatic heterocycles. The molecular weight excluding hydrogens is 96.0 g/mol.